The molecule has 1 N–H and O–H groups in total. The predicted molar refractivity (Wildman–Crippen MR) is 129 cm³/mol. The van der Waals surface area contributed by atoms with Crippen molar-refractivity contribution < 1.29 is 33.6 Å². The number of hydrogen-bond acceptors (Lipinski definition) is 9. The molecule has 0 aliphatic carbocycles. The van der Waals surface area contributed by atoms with E-state index in [0.717, 1.165) is 16.8 Å². The third kappa shape index (κ3) is 4.94. The highest BCUT2D eigenvalue weighted by Crippen LogP contribution is 2.36. The van der Waals surface area contributed by atoms with Crippen molar-refractivity contribution in [2.75, 3.05) is 28.4 Å². The molecule has 0 unspecified atom stereocenters. The Hall–Kier alpha value is -3.57. The Kier molecular flexibility index (Phi) is 7.56. The molecule has 1 aliphatic heterocycles. The van der Waals surface area contributed by atoms with Gasteiger partial charge in [-0.1, -0.05) is 11.8 Å². The molecule has 1 heterocycles. The maximum absolute atomic E-state index is 12.9. The van der Waals surface area contributed by atoms with Crippen LogP contribution in [0.1, 0.15) is 21.5 Å². The number of methoxy groups -OCH3 is 4. The Morgan fingerprint density at radius 1 is 1.03 bits per heavy atom. The van der Waals surface area contributed by atoms with Gasteiger partial charge in [0, 0.05) is 17.2 Å². The van der Waals surface area contributed by atoms with Crippen LogP contribution in [0.5, 0.6) is 23.0 Å². The van der Waals surface area contributed by atoms with Crippen molar-refractivity contribution in [2.24, 2.45) is 5.10 Å². The lowest BCUT2D eigenvalue weighted by Crippen LogP contribution is -2.22. The molecule has 1 saturated heterocycles. The molecular weight excluding hydrogens is 468 g/mol. The third-order valence-electron chi connectivity index (χ3n) is 4.60. The summed E-state index contributed by atoms with van der Waals surface area (Å²) in [6.45, 7) is 0. The second kappa shape index (κ2) is 10.4. The van der Waals surface area contributed by atoms with Crippen LogP contribution < -0.4 is 18.9 Å². The summed E-state index contributed by atoms with van der Waals surface area (Å²) in [5, 5.41) is 14.8. The minimum absolute atomic E-state index is 0.0471. The molecule has 9 nitrogen and oxygen atoms in total. The van der Waals surface area contributed by atoms with E-state index < -0.39 is 11.9 Å². The first kappa shape index (κ1) is 24.1. The smallest absolute Gasteiger partial charge is 0.340 e. The fourth-order valence-electron chi connectivity index (χ4n) is 3.03. The van der Waals surface area contributed by atoms with E-state index in [4.69, 9.17) is 31.2 Å². The molecule has 0 atom stereocenters. The summed E-state index contributed by atoms with van der Waals surface area (Å²) in [7, 11) is 5.81. The van der Waals surface area contributed by atoms with Gasteiger partial charge in [-0.2, -0.15) is 10.1 Å². The number of aromatic carboxylic acids is 1. The fourth-order valence-corrected chi connectivity index (χ4v) is 4.19. The van der Waals surface area contributed by atoms with E-state index in [9.17, 15) is 14.7 Å². The second-order valence-electron chi connectivity index (χ2n) is 6.42. The number of amides is 1. The van der Waals surface area contributed by atoms with Crippen molar-refractivity contribution in [3.8, 4) is 23.0 Å². The highest BCUT2D eigenvalue weighted by molar-refractivity contribution is 8.26. The molecule has 2 aromatic carbocycles. The van der Waals surface area contributed by atoms with Crippen molar-refractivity contribution in [1.29, 1.82) is 0 Å². The van der Waals surface area contributed by atoms with Gasteiger partial charge in [-0.25, -0.2) is 4.79 Å². The standard InChI is InChI=1S/C22H20N2O7S2/c1-28-14-7-5-12(16(10-14)30-3)9-17-20(25)24(22(32)33-17)23-11-13-6-8-15(29-2)19(31-4)18(13)21(26)27/h5-11H,1-4H3,(H,26,27)/b17-9+,23-11+. The van der Waals surface area contributed by atoms with Crippen molar-refractivity contribution >= 4 is 52.5 Å². The minimum Gasteiger partial charge on any atom is -0.497 e. The molecule has 11 heteroatoms. The number of carboxylic acids is 1. The number of hydrazone groups is 1. The van der Waals surface area contributed by atoms with Crippen molar-refractivity contribution in [2.45, 2.75) is 0 Å². The third-order valence-corrected chi connectivity index (χ3v) is 5.89. The van der Waals surface area contributed by atoms with E-state index in [-0.39, 0.29) is 26.9 Å². The fraction of sp³-hybridized carbons (Fsp3) is 0.182. The van der Waals surface area contributed by atoms with Crippen LogP contribution in [-0.4, -0.2) is 61.0 Å². The molecule has 33 heavy (non-hydrogen) atoms. The van der Waals surface area contributed by atoms with Crippen molar-refractivity contribution in [3.63, 3.8) is 0 Å². The SMILES string of the molecule is COc1ccc(/C=C2/SC(=S)N(/N=C/c3ccc(OC)c(OC)c3C(=O)O)C2=O)c(OC)c1. The minimum atomic E-state index is -1.23. The summed E-state index contributed by atoms with van der Waals surface area (Å²) in [4.78, 5) is 25.1. The molecule has 0 aromatic heterocycles. The number of carbonyl (C=O) groups is 2. The van der Waals surface area contributed by atoms with E-state index in [0.29, 0.717) is 22.0 Å². The number of nitrogens with zero attached hydrogens (tertiary/aromatic N) is 2. The number of rotatable bonds is 8. The number of ether oxygens (including phenoxy) is 4. The molecule has 2 aromatic rings. The summed E-state index contributed by atoms with van der Waals surface area (Å²) in [5.41, 5.74) is 0.732. The topological polar surface area (TPSA) is 107 Å². The number of thiocarbonyl (C=S) groups is 1. The van der Waals surface area contributed by atoms with E-state index in [1.165, 1.54) is 33.6 Å². The van der Waals surface area contributed by atoms with Gasteiger partial charge in [-0.05, 0) is 42.6 Å². The number of benzene rings is 2. The Bertz CT molecular complexity index is 1180. The summed E-state index contributed by atoms with van der Waals surface area (Å²) < 4.78 is 21.1. The first-order valence-corrected chi connectivity index (χ1v) is 10.6. The van der Waals surface area contributed by atoms with Gasteiger partial charge < -0.3 is 24.1 Å². The van der Waals surface area contributed by atoms with E-state index in [2.05, 4.69) is 5.10 Å². The average molecular weight is 489 g/mol. The van der Waals surface area contributed by atoms with Gasteiger partial charge in [0.05, 0.1) is 39.6 Å². The van der Waals surface area contributed by atoms with Crippen LogP contribution in [0.4, 0.5) is 0 Å². The van der Waals surface area contributed by atoms with Gasteiger partial charge in [0.25, 0.3) is 5.91 Å². The molecule has 1 aliphatic rings. The molecule has 1 amide bonds. The van der Waals surface area contributed by atoms with Crippen molar-refractivity contribution in [3.05, 3.63) is 51.9 Å². The lowest BCUT2D eigenvalue weighted by molar-refractivity contribution is -0.122. The molecule has 0 spiro atoms. The Morgan fingerprint density at radius 3 is 2.33 bits per heavy atom. The van der Waals surface area contributed by atoms with Gasteiger partial charge in [-0.15, -0.1) is 0 Å². The molecule has 0 bridgehead atoms. The van der Waals surface area contributed by atoms with E-state index in [1.807, 2.05) is 0 Å². The second-order valence-corrected chi connectivity index (χ2v) is 8.09. The van der Waals surface area contributed by atoms with Crippen LogP contribution in [0.2, 0.25) is 0 Å². The Labute approximate surface area is 199 Å². The van der Waals surface area contributed by atoms with Gasteiger partial charge in [0.1, 0.15) is 17.1 Å². The predicted octanol–water partition coefficient (Wildman–Crippen LogP) is 3.65. The van der Waals surface area contributed by atoms with Gasteiger partial charge in [0.15, 0.2) is 15.8 Å². The van der Waals surface area contributed by atoms with Crippen LogP contribution in [-0.2, 0) is 4.79 Å². The highest BCUT2D eigenvalue weighted by Gasteiger charge is 2.32. The van der Waals surface area contributed by atoms with Crippen LogP contribution in [0.3, 0.4) is 0 Å². The molecular formula is C22H20N2O7S2. The summed E-state index contributed by atoms with van der Waals surface area (Å²) in [6.07, 6.45) is 2.89. The van der Waals surface area contributed by atoms with Gasteiger partial charge >= 0.3 is 5.97 Å². The zero-order chi connectivity index (χ0) is 24.1. The number of carbonyl (C=O) groups excluding carboxylic acids is 1. The Morgan fingerprint density at radius 2 is 1.73 bits per heavy atom. The van der Waals surface area contributed by atoms with Crippen LogP contribution in [0, 0.1) is 0 Å². The van der Waals surface area contributed by atoms with Crippen LogP contribution >= 0.6 is 24.0 Å². The molecule has 0 saturated carbocycles. The lowest BCUT2D eigenvalue weighted by Gasteiger charge is -2.13. The van der Waals surface area contributed by atoms with Crippen LogP contribution in [0.15, 0.2) is 40.3 Å². The number of carboxylic acid groups (broad SMARTS) is 1. The quantitative estimate of drug-likeness (QED) is 0.338. The summed E-state index contributed by atoms with van der Waals surface area (Å²) in [6, 6.07) is 8.26. The first-order chi connectivity index (χ1) is 15.8. The van der Waals surface area contributed by atoms with E-state index in [1.54, 1.807) is 37.5 Å². The molecule has 172 valence electrons. The zero-order valence-electron chi connectivity index (χ0n) is 18.1. The lowest BCUT2D eigenvalue weighted by atomic mass is 10.1. The maximum atomic E-state index is 12.9. The maximum Gasteiger partial charge on any atom is 0.340 e. The first-order valence-electron chi connectivity index (χ1n) is 9.36. The molecule has 0 radical (unpaired) electrons. The van der Waals surface area contributed by atoms with Crippen molar-refractivity contribution in [1.82, 2.24) is 5.01 Å². The zero-order valence-corrected chi connectivity index (χ0v) is 19.8. The Balaban J connectivity index is 1.93. The monoisotopic (exact) mass is 488 g/mol. The normalized spacial score (nSPS) is 14.8. The van der Waals surface area contributed by atoms with E-state index >= 15 is 0 Å². The number of thioether (sulfide) groups is 1. The van der Waals surface area contributed by atoms with Crippen LogP contribution in [0.25, 0.3) is 6.08 Å². The van der Waals surface area contributed by atoms with Gasteiger partial charge in [-0.3, -0.25) is 4.79 Å². The van der Waals surface area contributed by atoms with Gasteiger partial charge in [0.2, 0.25) is 0 Å². The number of hydrogen-bond donors (Lipinski definition) is 1. The molecule has 3 rings (SSSR count). The average Bonchev–Trinajstić information content (AvgIpc) is 3.08. The summed E-state index contributed by atoms with van der Waals surface area (Å²) in [5.74, 6) is -0.231. The summed E-state index contributed by atoms with van der Waals surface area (Å²) >= 11 is 6.37. The molecule has 1 fully saturated rings. The highest BCUT2D eigenvalue weighted by atomic mass is 32.2. The largest absolute Gasteiger partial charge is 0.497 e.